The average Bonchev–Trinajstić information content (AvgIpc) is 2.81. The van der Waals surface area contributed by atoms with Gasteiger partial charge in [-0.05, 0) is 24.0 Å². The summed E-state index contributed by atoms with van der Waals surface area (Å²) < 4.78 is 1.71. The summed E-state index contributed by atoms with van der Waals surface area (Å²) in [5.74, 6) is 0.882. The van der Waals surface area contributed by atoms with E-state index in [1.807, 2.05) is 6.20 Å². The molecule has 4 heteroatoms. The summed E-state index contributed by atoms with van der Waals surface area (Å²) in [5, 5.41) is 4.09. The molecule has 2 rings (SSSR count). The lowest BCUT2D eigenvalue weighted by Crippen LogP contribution is -2.03. The summed E-state index contributed by atoms with van der Waals surface area (Å²) in [6.45, 7) is 4.25. The van der Waals surface area contributed by atoms with Crippen LogP contribution in [0.2, 0.25) is 0 Å². The summed E-state index contributed by atoms with van der Waals surface area (Å²) >= 11 is 0. The molecule has 0 saturated carbocycles. The molecular weight excluding hydrogens is 188 g/mol. The Morgan fingerprint density at radius 1 is 1.27 bits per heavy atom. The third-order valence-corrected chi connectivity index (χ3v) is 2.42. The molecule has 0 aliphatic heterocycles. The molecule has 0 atom stereocenters. The molecule has 0 aromatic carbocycles. The van der Waals surface area contributed by atoms with Gasteiger partial charge >= 0.3 is 0 Å². The largest absolute Gasteiger partial charge is 0.237 e. The van der Waals surface area contributed by atoms with Gasteiger partial charge in [0.25, 0.3) is 0 Å². The normalized spacial score (nSPS) is 10.5. The number of aryl methyl sites for hydroxylation is 2. The van der Waals surface area contributed by atoms with Gasteiger partial charge in [0.05, 0.1) is 0 Å². The van der Waals surface area contributed by atoms with Crippen molar-refractivity contribution in [3.8, 4) is 5.82 Å². The maximum atomic E-state index is 4.42. The highest BCUT2D eigenvalue weighted by Gasteiger charge is 2.05. The van der Waals surface area contributed by atoms with E-state index in [1.54, 1.807) is 11.0 Å². The standard InChI is InChI=1S/C11H14N4/c1-3-9-5-10(4-2)11(13-6-9)15-8-12-7-14-15/h5-8H,3-4H2,1-2H3. The second-order valence-corrected chi connectivity index (χ2v) is 3.37. The molecule has 0 saturated heterocycles. The second kappa shape index (κ2) is 4.21. The van der Waals surface area contributed by atoms with Crippen molar-refractivity contribution < 1.29 is 0 Å². The molecule has 2 aromatic heterocycles. The number of nitrogens with zero attached hydrogens (tertiary/aromatic N) is 4. The van der Waals surface area contributed by atoms with E-state index in [0.717, 1.165) is 18.7 Å². The van der Waals surface area contributed by atoms with Crippen molar-refractivity contribution in [3.63, 3.8) is 0 Å². The van der Waals surface area contributed by atoms with Gasteiger partial charge < -0.3 is 0 Å². The Morgan fingerprint density at radius 3 is 2.73 bits per heavy atom. The van der Waals surface area contributed by atoms with E-state index in [0.29, 0.717) is 0 Å². The molecule has 0 unspecified atom stereocenters. The summed E-state index contributed by atoms with van der Waals surface area (Å²) in [6.07, 6.45) is 7.06. The third kappa shape index (κ3) is 1.88. The van der Waals surface area contributed by atoms with Crippen LogP contribution in [0, 0.1) is 0 Å². The van der Waals surface area contributed by atoms with Gasteiger partial charge in [0.15, 0.2) is 5.82 Å². The van der Waals surface area contributed by atoms with Crippen LogP contribution >= 0.6 is 0 Å². The minimum absolute atomic E-state index is 0.882. The van der Waals surface area contributed by atoms with Gasteiger partial charge in [-0.25, -0.2) is 14.6 Å². The van der Waals surface area contributed by atoms with Gasteiger partial charge in [0, 0.05) is 6.20 Å². The Bertz CT molecular complexity index is 434. The van der Waals surface area contributed by atoms with Gasteiger partial charge in [-0.1, -0.05) is 19.9 Å². The van der Waals surface area contributed by atoms with Crippen LogP contribution in [-0.4, -0.2) is 19.7 Å². The van der Waals surface area contributed by atoms with Crippen molar-refractivity contribution in [2.45, 2.75) is 26.7 Å². The molecule has 0 aliphatic carbocycles. The van der Waals surface area contributed by atoms with E-state index in [4.69, 9.17) is 0 Å². The lowest BCUT2D eigenvalue weighted by atomic mass is 10.1. The van der Waals surface area contributed by atoms with E-state index in [-0.39, 0.29) is 0 Å². The molecule has 0 N–H and O–H groups in total. The van der Waals surface area contributed by atoms with E-state index < -0.39 is 0 Å². The molecule has 2 aromatic rings. The molecule has 0 fully saturated rings. The van der Waals surface area contributed by atoms with Crippen molar-refractivity contribution >= 4 is 0 Å². The maximum absolute atomic E-state index is 4.42. The highest BCUT2D eigenvalue weighted by Crippen LogP contribution is 2.13. The second-order valence-electron chi connectivity index (χ2n) is 3.37. The molecule has 0 spiro atoms. The summed E-state index contributed by atoms with van der Waals surface area (Å²) in [7, 11) is 0. The molecule has 4 nitrogen and oxygen atoms in total. The van der Waals surface area contributed by atoms with E-state index >= 15 is 0 Å². The van der Waals surface area contributed by atoms with Gasteiger partial charge in [-0.15, -0.1) is 0 Å². The predicted molar refractivity (Wildman–Crippen MR) is 57.9 cm³/mol. The highest BCUT2D eigenvalue weighted by atomic mass is 15.3. The quantitative estimate of drug-likeness (QED) is 0.762. The van der Waals surface area contributed by atoms with Crippen molar-refractivity contribution in [1.82, 2.24) is 19.7 Å². The molecular formula is C11H14N4. The molecule has 0 radical (unpaired) electrons. The van der Waals surface area contributed by atoms with Crippen LogP contribution in [0.1, 0.15) is 25.0 Å². The first-order valence-electron chi connectivity index (χ1n) is 5.18. The zero-order chi connectivity index (χ0) is 10.7. The summed E-state index contributed by atoms with van der Waals surface area (Å²) in [6, 6.07) is 2.18. The Labute approximate surface area is 89.0 Å². The van der Waals surface area contributed by atoms with Crippen LogP contribution in [0.4, 0.5) is 0 Å². The Morgan fingerprint density at radius 2 is 2.13 bits per heavy atom. The molecule has 15 heavy (non-hydrogen) atoms. The molecule has 0 aliphatic rings. The highest BCUT2D eigenvalue weighted by molar-refractivity contribution is 5.35. The van der Waals surface area contributed by atoms with E-state index in [9.17, 15) is 0 Å². The Hall–Kier alpha value is -1.71. The van der Waals surface area contributed by atoms with Crippen LogP contribution in [0.3, 0.4) is 0 Å². The fraction of sp³-hybridized carbons (Fsp3) is 0.364. The van der Waals surface area contributed by atoms with Gasteiger partial charge in [-0.2, -0.15) is 5.10 Å². The maximum Gasteiger partial charge on any atom is 0.158 e. The zero-order valence-corrected chi connectivity index (χ0v) is 9.01. The van der Waals surface area contributed by atoms with Crippen molar-refractivity contribution in [3.05, 3.63) is 36.0 Å². The first-order valence-corrected chi connectivity index (χ1v) is 5.18. The molecule has 2 heterocycles. The van der Waals surface area contributed by atoms with Gasteiger partial charge in [-0.3, -0.25) is 0 Å². The van der Waals surface area contributed by atoms with Crippen molar-refractivity contribution in [2.75, 3.05) is 0 Å². The van der Waals surface area contributed by atoms with Gasteiger partial charge in [0.1, 0.15) is 12.7 Å². The van der Waals surface area contributed by atoms with E-state index in [2.05, 4.69) is 35.0 Å². The molecule has 0 amide bonds. The SMILES string of the molecule is CCc1cnc(-n2cncn2)c(CC)c1. The minimum atomic E-state index is 0.882. The lowest BCUT2D eigenvalue weighted by Gasteiger charge is -2.07. The Balaban J connectivity index is 2.48. The fourth-order valence-electron chi connectivity index (χ4n) is 1.53. The number of pyridine rings is 1. The van der Waals surface area contributed by atoms with Crippen LogP contribution in [0.25, 0.3) is 5.82 Å². The van der Waals surface area contributed by atoms with Crippen LogP contribution in [-0.2, 0) is 12.8 Å². The molecule has 0 bridgehead atoms. The topological polar surface area (TPSA) is 43.6 Å². The first-order chi connectivity index (χ1) is 7.35. The fourth-order valence-corrected chi connectivity index (χ4v) is 1.53. The predicted octanol–water partition coefficient (Wildman–Crippen LogP) is 1.79. The Kier molecular flexibility index (Phi) is 2.76. The molecule has 78 valence electrons. The smallest absolute Gasteiger partial charge is 0.158 e. The summed E-state index contributed by atoms with van der Waals surface area (Å²) in [4.78, 5) is 8.35. The monoisotopic (exact) mass is 202 g/mol. The minimum Gasteiger partial charge on any atom is -0.237 e. The average molecular weight is 202 g/mol. The van der Waals surface area contributed by atoms with Crippen molar-refractivity contribution in [1.29, 1.82) is 0 Å². The number of hydrogen-bond donors (Lipinski definition) is 0. The summed E-state index contributed by atoms with van der Waals surface area (Å²) in [5.41, 5.74) is 2.47. The van der Waals surface area contributed by atoms with Crippen LogP contribution in [0.15, 0.2) is 24.9 Å². The number of hydrogen-bond acceptors (Lipinski definition) is 3. The zero-order valence-electron chi connectivity index (χ0n) is 9.01. The van der Waals surface area contributed by atoms with Gasteiger partial charge in [0.2, 0.25) is 0 Å². The number of rotatable bonds is 3. The third-order valence-electron chi connectivity index (χ3n) is 2.42. The number of aromatic nitrogens is 4. The first kappa shape index (κ1) is 9.83. The lowest BCUT2D eigenvalue weighted by molar-refractivity contribution is 0.821. The van der Waals surface area contributed by atoms with Crippen LogP contribution < -0.4 is 0 Å². The van der Waals surface area contributed by atoms with Crippen molar-refractivity contribution in [2.24, 2.45) is 0 Å². The van der Waals surface area contributed by atoms with E-state index in [1.165, 1.54) is 17.5 Å². The van der Waals surface area contributed by atoms with Crippen LogP contribution in [0.5, 0.6) is 0 Å².